The monoisotopic (exact) mass is 612 g/mol. The van der Waals surface area contributed by atoms with Crippen LogP contribution < -0.4 is 0 Å². The van der Waals surface area contributed by atoms with Crippen molar-refractivity contribution in [3.8, 4) is 0 Å². The van der Waals surface area contributed by atoms with Crippen LogP contribution in [0.15, 0.2) is 24.8 Å². The standard InChI is InChI=1S/C12HBr2Cl7S2/c13-2-1-3(14)5(16)11(4(2)15)22-23-12-9(20)7(18)6(17)8(19)10(12)21/h1H. The van der Waals surface area contributed by atoms with Gasteiger partial charge in [0.25, 0.3) is 0 Å². The molecule has 0 unspecified atom stereocenters. The molecule has 0 fully saturated rings. The van der Waals surface area contributed by atoms with Crippen molar-refractivity contribution >= 4 is 135 Å². The maximum Gasteiger partial charge on any atom is 0.0809 e. The Hall–Kier alpha value is 2.13. The first kappa shape index (κ1) is 21.4. The van der Waals surface area contributed by atoms with Crippen LogP contribution in [0.25, 0.3) is 0 Å². The smallest absolute Gasteiger partial charge is 0.0809 e. The molecule has 0 heterocycles. The van der Waals surface area contributed by atoms with E-state index in [-0.39, 0.29) is 25.1 Å². The van der Waals surface area contributed by atoms with Gasteiger partial charge in [-0.2, -0.15) is 0 Å². The number of benzene rings is 2. The molecule has 2 aromatic carbocycles. The molecule has 0 bridgehead atoms. The van der Waals surface area contributed by atoms with Crippen LogP contribution in [0.2, 0.25) is 35.2 Å². The van der Waals surface area contributed by atoms with E-state index in [1.165, 1.54) is 21.6 Å². The molecule has 0 aromatic heterocycles. The number of rotatable bonds is 3. The van der Waals surface area contributed by atoms with E-state index >= 15 is 0 Å². The molecule has 0 saturated carbocycles. The normalized spacial score (nSPS) is 11.2. The predicted octanol–water partition coefficient (Wildman–Crippen LogP) is 10.6. The van der Waals surface area contributed by atoms with Gasteiger partial charge in [0.15, 0.2) is 0 Å². The quantitative estimate of drug-likeness (QED) is 0.191. The molecule has 0 atom stereocenters. The molecule has 0 radical (unpaired) electrons. The summed E-state index contributed by atoms with van der Waals surface area (Å²) in [4.78, 5) is 1.11. The molecule has 0 N–H and O–H groups in total. The van der Waals surface area contributed by atoms with Crippen LogP contribution in [0.1, 0.15) is 0 Å². The van der Waals surface area contributed by atoms with Gasteiger partial charge in [0.1, 0.15) is 0 Å². The van der Waals surface area contributed by atoms with E-state index in [2.05, 4.69) is 31.9 Å². The van der Waals surface area contributed by atoms with E-state index in [0.29, 0.717) is 28.8 Å². The first-order valence-corrected chi connectivity index (χ1v) is 11.7. The molecule has 0 amide bonds. The van der Waals surface area contributed by atoms with Gasteiger partial charge in [-0.15, -0.1) is 0 Å². The highest BCUT2D eigenvalue weighted by Crippen LogP contribution is 2.54. The minimum absolute atomic E-state index is 0.110. The van der Waals surface area contributed by atoms with Gasteiger partial charge in [-0.1, -0.05) is 81.2 Å². The summed E-state index contributed by atoms with van der Waals surface area (Å²) < 4.78 is 1.39. The molecule has 0 saturated heterocycles. The fourth-order valence-corrected chi connectivity index (χ4v) is 7.78. The first-order chi connectivity index (χ1) is 10.7. The van der Waals surface area contributed by atoms with Gasteiger partial charge in [0.05, 0.1) is 44.9 Å². The van der Waals surface area contributed by atoms with E-state index in [4.69, 9.17) is 81.2 Å². The second-order valence-corrected chi connectivity index (χ2v) is 10.4. The Balaban J connectivity index is 2.44. The number of hydrogen-bond acceptors (Lipinski definition) is 2. The van der Waals surface area contributed by atoms with Gasteiger partial charge in [-0.25, -0.2) is 0 Å². The van der Waals surface area contributed by atoms with Crippen LogP contribution in [-0.2, 0) is 0 Å². The molecule has 0 aliphatic heterocycles. The van der Waals surface area contributed by atoms with Crippen LogP contribution >= 0.6 is 135 Å². The Labute approximate surface area is 192 Å². The van der Waals surface area contributed by atoms with Gasteiger partial charge in [0.2, 0.25) is 0 Å². The molecule has 0 nitrogen and oxygen atoms in total. The molecule has 124 valence electrons. The zero-order valence-electron chi connectivity index (χ0n) is 10.3. The third-order valence-corrected chi connectivity index (χ3v) is 10.2. The van der Waals surface area contributed by atoms with Crippen molar-refractivity contribution in [2.24, 2.45) is 0 Å². The van der Waals surface area contributed by atoms with Gasteiger partial charge >= 0.3 is 0 Å². The lowest BCUT2D eigenvalue weighted by Crippen LogP contribution is -1.84. The van der Waals surface area contributed by atoms with Crippen LogP contribution in [-0.4, -0.2) is 0 Å². The summed E-state index contributed by atoms with van der Waals surface area (Å²) in [6.07, 6.45) is 0. The second-order valence-electron chi connectivity index (χ2n) is 3.86. The molecular formula is C12HBr2Cl7S2. The Kier molecular flexibility index (Phi) is 8.27. The molecule has 0 spiro atoms. The van der Waals surface area contributed by atoms with Crippen LogP contribution in [0, 0.1) is 0 Å². The molecule has 23 heavy (non-hydrogen) atoms. The maximum atomic E-state index is 6.28. The Morgan fingerprint density at radius 3 is 1.22 bits per heavy atom. The SMILES string of the molecule is Clc1c(Cl)c(Cl)c(SSc2c(Cl)c(Br)cc(Br)c2Cl)c(Cl)c1Cl. The van der Waals surface area contributed by atoms with Crippen molar-refractivity contribution in [1.82, 2.24) is 0 Å². The molecule has 2 aromatic rings. The van der Waals surface area contributed by atoms with Crippen molar-refractivity contribution in [3.63, 3.8) is 0 Å². The van der Waals surface area contributed by atoms with Crippen molar-refractivity contribution < 1.29 is 0 Å². The minimum atomic E-state index is 0.110. The fraction of sp³-hybridized carbons (Fsp3) is 0. The summed E-state index contributed by atoms with van der Waals surface area (Å²) in [5.41, 5.74) is 0. The average molecular weight is 617 g/mol. The highest BCUT2D eigenvalue weighted by atomic mass is 79.9. The summed E-state index contributed by atoms with van der Waals surface area (Å²) in [5.74, 6) is 0. The lowest BCUT2D eigenvalue weighted by Gasteiger charge is -2.13. The van der Waals surface area contributed by atoms with Gasteiger partial charge in [-0.05, 0) is 59.5 Å². The van der Waals surface area contributed by atoms with Crippen LogP contribution in [0.3, 0.4) is 0 Å². The Bertz CT molecular complexity index is 743. The highest BCUT2D eigenvalue weighted by Gasteiger charge is 2.22. The minimum Gasteiger partial charge on any atom is -0.0818 e. The van der Waals surface area contributed by atoms with Crippen molar-refractivity contribution in [1.29, 1.82) is 0 Å². The first-order valence-electron chi connectivity index (χ1n) is 5.35. The van der Waals surface area contributed by atoms with Crippen LogP contribution in [0.4, 0.5) is 0 Å². The van der Waals surface area contributed by atoms with Crippen molar-refractivity contribution in [2.75, 3.05) is 0 Å². The van der Waals surface area contributed by atoms with E-state index in [0.717, 1.165) is 0 Å². The van der Waals surface area contributed by atoms with Gasteiger partial charge < -0.3 is 0 Å². The van der Waals surface area contributed by atoms with E-state index in [1.54, 1.807) is 6.07 Å². The predicted molar refractivity (Wildman–Crippen MR) is 115 cm³/mol. The maximum absolute atomic E-state index is 6.28. The number of halogens is 9. The lowest BCUT2D eigenvalue weighted by molar-refractivity contribution is 1.41. The molecule has 11 heteroatoms. The topological polar surface area (TPSA) is 0 Å². The van der Waals surface area contributed by atoms with E-state index in [1.807, 2.05) is 0 Å². The molecular weight excluding hydrogens is 616 g/mol. The average Bonchev–Trinajstić information content (AvgIpc) is 2.52. The lowest BCUT2D eigenvalue weighted by atomic mass is 10.3. The Morgan fingerprint density at radius 2 is 0.826 bits per heavy atom. The van der Waals surface area contributed by atoms with Crippen molar-refractivity contribution in [2.45, 2.75) is 9.79 Å². The molecule has 0 aliphatic rings. The molecule has 2 rings (SSSR count). The summed E-state index contributed by atoms with van der Waals surface area (Å²) >= 11 is 49.8. The van der Waals surface area contributed by atoms with Crippen molar-refractivity contribution in [3.05, 3.63) is 50.2 Å². The highest BCUT2D eigenvalue weighted by molar-refractivity contribution is 9.11. The third-order valence-electron chi connectivity index (χ3n) is 2.45. The Morgan fingerprint density at radius 1 is 0.522 bits per heavy atom. The van der Waals surface area contributed by atoms with E-state index in [9.17, 15) is 0 Å². The largest absolute Gasteiger partial charge is 0.0818 e. The summed E-state index contributed by atoms with van der Waals surface area (Å²) in [6, 6.07) is 1.76. The molecule has 0 aliphatic carbocycles. The fourth-order valence-electron chi connectivity index (χ4n) is 1.37. The van der Waals surface area contributed by atoms with E-state index < -0.39 is 0 Å². The summed E-state index contributed by atoms with van der Waals surface area (Å²) in [7, 11) is 2.49. The summed E-state index contributed by atoms with van der Waals surface area (Å²) in [6.45, 7) is 0. The van der Waals surface area contributed by atoms with Gasteiger partial charge in [-0.3, -0.25) is 0 Å². The zero-order chi connectivity index (χ0) is 17.5. The third kappa shape index (κ3) is 4.52. The zero-order valence-corrected chi connectivity index (χ0v) is 20.4. The van der Waals surface area contributed by atoms with Crippen LogP contribution in [0.5, 0.6) is 0 Å². The second kappa shape index (κ2) is 8.88. The summed E-state index contributed by atoms with van der Waals surface area (Å²) in [5, 5.41) is 1.74. The number of hydrogen-bond donors (Lipinski definition) is 0. The van der Waals surface area contributed by atoms with Gasteiger partial charge in [0, 0.05) is 8.95 Å².